The van der Waals surface area contributed by atoms with E-state index in [4.69, 9.17) is 22.1 Å². The average Bonchev–Trinajstić information content (AvgIpc) is 2.55. The van der Waals surface area contributed by atoms with Gasteiger partial charge in [-0.05, 0) is 61.0 Å². The summed E-state index contributed by atoms with van der Waals surface area (Å²) in [6.07, 6.45) is 0.692. The Morgan fingerprint density at radius 1 is 1.20 bits per heavy atom. The fraction of sp³-hybridized carbons (Fsp3) is 0.235. The molecular weight excluding hydrogens is 358 g/mol. The Bertz CT molecular complexity index is 850. The molecule has 8 heteroatoms. The molecule has 0 bridgehead atoms. The molecule has 134 valence electrons. The standard InChI is InChI=1S/C17H21N3O3S2/c1-12-3-8-16(23-2)15(11-12)20-17(24)19-10-9-13-4-6-14(7-5-13)25(18,21)22/h3-8,11H,9-10H2,1-2H3,(H2,18,21,22)(H2,19,20,24). The second-order valence-corrected chi connectivity index (χ2v) is 7.49. The van der Waals surface area contributed by atoms with Gasteiger partial charge >= 0.3 is 0 Å². The Labute approximate surface area is 153 Å². The molecule has 0 aliphatic carbocycles. The molecule has 0 saturated heterocycles. The third-order valence-corrected chi connectivity index (χ3v) is 4.73. The van der Waals surface area contributed by atoms with E-state index < -0.39 is 10.0 Å². The van der Waals surface area contributed by atoms with Gasteiger partial charge in [-0.2, -0.15) is 0 Å². The predicted molar refractivity (Wildman–Crippen MR) is 103 cm³/mol. The summed E-state index contributed by atoms with van der Waals surface area (Å²) in [4.78, 5) is 0.105. The molecular formula is C17H21N3O3S2. The van der Waals surface area contributed by atoms with Crippen LogP contribution in [0.3, 0.4) is 0 Å². The number of hydrogen-bond acceptors (Lipinski definition) is 4. The van der Waals surface area contributed by atoms with Crippen molar-refractivity contribution >= 4 is 33.0 Å². The van der Waals surface area contributed by atoms with Gasteiger partial charge in [0.05, 0.1) is 17.7 Å². The third kappa shape index (κ3) is 5.70. The van der Waals surface area contributed by atoms with Crippen molar-refractivity contribution in [3.8, 4) is 5.75 Å². The molecule has 0 amide bonds. The SMILES string of the molecule is COc1ccc(C)cc1NC(=S)NCCc1ccc(S(N)(=O)=O)cc1. The van der Waals surface area contributed by atoms with Crippen molar-refractivity contribution in [3.05, 3.63) is 53.6 Å². The number of nitrogens with one attached hydrogen (secondary N) is 2. The van der Waals surface area contributed by atoms with Crippen LogP contribution >= 0.6 is 12.2 Å². The van der Waals surface area contributed by atoms with E-state index in [1.165, 1.54) is 12.1 Å². The minimum atomic E-state index is -3.66. The zero-order chi connectivity index (χ0) is 18.4. The van der Waals surface area contributed by atoms with E-state index in [-0.39, 0.29) is 4.90 Å². The fourth-order valence-corrected chi connectivity index (χ4v) is 2.98. The molecule has 0 radical (unpaired) electrons. The highest BCUT2D eigenvalue weighted by Gasteiger charge is 2.07. The number of thiocarbonyl (C=S) groups is 1. The molecule has 4 N–H and O–H groups in total. The summed E-state index contributed by atoms with van der Waals surface area (Å²) in [5.74, 6) is 0.716. The third-order valence-electron chi connectivity index (χ3n) is 3.55. The van der Waals surface area contributed by atoms with Gasteiger partial charge in [0.15, 0.2) is 5.11 Å². The second kappa shape index (κ2) is 8.28. The highest BCUT2D eigenvalue weighted by Crippen LogP contribution is 2.24. The molecule has 0 heterocycles. The van der Waals surface area contributed by atoms with Gasteiger partial charge in [-0.15, -0.1) is 0 Å². The lowest BCUT2D eigenvalue weighted by molar-refractivity contribution is 0.417. The first-order valence-corrected chi connectivity index (χ1v) is 9.56. The quantitative estimate of drug-likeness (QED) is 0.666. The van der Waals surface area contributed by atoms with Crippen molar-refractivity contribution in [1.82, 2.24) is 5.32 Å². The Kier molecular flexibility index (Phi) is 6.35. The topological polar surface area (TPSA) is 93.4 Å². The predicted octanol–water partition coefficient (Wildman–Crippen LogP) is 2.18. The van der Waals surface area contributed by atoms with Crippen LogP contribution in [0.25, 0.3) is 0 Å². The number of rotatable bonds is 6. The summed E-state index contributed by atoms with van der Waals surface area (Å²) in [6, 6.07) is 12.3. The highest BCUT2D eigenvalue weighted by molar-refractivity contribution is 7.89. The summed E-state index contributed by atoms with van der Waals surface area (Å²) in [6.45, 7) is 2.60. The zero-order valence-corrected chi connectivity index (χ0v) is 15.7. The molecule has 2 rings (SSSR count). The Morgan fingerprint density at radius 2 is 1.88 bits per heavy atom. The Morgan fingerprint density at radius 3 is 2.48 bits per heavy atom. The van der Waals surface area contributed by atoms with Crippen LogP contribution in [0.5, 0.6) is 5.75 Å². The maximum absolute atomic E-state index is 11.2. The second-order valence-electron chi connectivity index (χ2n) is 5.52. The number of aryl methyl sites for hydroxylation is 1. The number of anilines is 1. The molecule has 25 heavy (non-hydrogen) atoms. The number of methoxy groups -OCH3 is 1. The first-order chi connectivity index (χ1) is 11.8. The number of ether oxygens (including phenoxy) is 1. The summed E-state index contributed by atoms with van der Waals surface area (Å²) in [5.41, 5.74) is 2.88. The van der Waals surface area contributed by atoms with E-state index in [9.17, 15) is 8.42 Å². The maximum Gasteiger partial charge on any atom is 0.238 e. The van der Waals surface area contributed by atoms with Gasteiger partial charge in [0.25, 0.3) is 0 Å². The summed E-state index contributed by atoms with van der Waals surface area (Å²) >= 11 is 5.30. The monoisotopic (exact) mass is 379 g/mol. The highest BCUT2D eigenvalue weighted by atomic mass is 32.2. The Hall–Kier alpha value is -2.16. The van der Waals surface area contributed by atoms with Gasteiger partial charge in [-0.3, -0.25) is 0 Å². The van der Waals surface area contributed by atoms with Crippen LogP contribution in [-0.4, -0.2) is 27.2 Å². The molecule has 0 aromatic heterocycles. The first-order valence-electron chi connectivity index (χ1n) is 7.61. The number of primary sulfonamides is 1. The van der Waals surface area contributed by atoms with Gasteiger partial charge < -0.3 is 15.4 Å². The average molecular weight is 380 g/mol. The van der Waals surface area contributed by atoms with Gasteiger partial charge in [-0.25, -0.2) is 13.6 Å². The van der Waals surface area contributed by atoms with Crippen molar-refractivity contribution in [2.45, 2.75) is 18.2 Å². The number of benzene rings is 2. The smallest absolute Gasteiger partial charge is 0.238 e. The van der Waals surface area contributed by atoms with Crippen LogP contribution in [0, 0.1) is 6.92 Å². The van der Waals surface area contributed by atoms with Crippen LogP contribution < -0.4 is 20.5 Å². The lowest BCUT2D eigenvalue weighted by Gasteiger charge is -2.14. The molecule has 2 aromatic rings. The molecule has 0 saturated carbocycles. The lowest BCUT2D eigenvalue weighted by Crippen LogP contribution is -2.30. The molecule has 0 aliphatic heterocycles. The molecule has 0 atom stereocenters. The van der Waals surface area contributed by atoms with Gasteiger partial charge in [0, 0.05) is 6.54 Å². The molecule has 6 nitrogen and oxygen atoms in total. The van der Waals surface area contributed by atoms with E-state index in [0.717, 1.165) is 16.8 Å². The molecule has 2 aromatic carbocycles. The van der Waals surface area contributed by atoms with Crippen LogP contribution in [0.1, 0.15) is 11.1 Å². The molecule has 0 aliphatic rings. The van der Waals surface area contributed by atoms with Crippen LogP contribution in [0.15, 0.2) is 47.4 Å². The van der Waals surface area contributed by atoms with E-state index in [0.29, 0.717) is 23.8 Å². The van der Waals surface area contributed by atoms with E-state index in [1.807, 2.05) is 25.1 Å². The largest absolute Gasteiger partial charge is 0.495 e. The van der Waals surface area contributed by atoms with Crippen LogP contribution in [0.2, 0.25) is 0 Å². The minimum absolute atomic E-state index is 0.105. The summed E-state index contributed by atoms with van der Waals surface area (Å²) in [7, 11) is -2.05. The van der Waals surface area contributed by atoms with Gasteiger partial charge in [0.2, 0.25) is 10.0 Å². The van der Waals surface area contributed by atoms with Crippen molar-refractivity contribution in [3.63, 3.8) is 0 Å². The van der Waals surface area contributed by atoms with E-state index >= 15 is 0 Å². The van der Waals surface area contributed by atoms with Crippen molar-refractivity contribution < 1.29 is 13.2 Å². The lowest BCUT2D eigenvalue weighted by atomic mass is 10.1. The van der Waals surface area contributed by atoms with Gasteiger partial charge in [-0.1, -0.05) is 18.2 Å². The van der Waals surface area contributed by atoms with Crippen LogP contribution in [-0.2, 0) is 16.4 Å². The van der Waals surface area contributed by atoms with Gasteiger partial charge in [0.1, 0.15) is 5.75 Å². The Balaban J connectivity index is 1.88. The number of sulfonamides is 1. The first kappa shape index (κ1) is 19.2. The molecule has 0 unspecified atom stereocenters. The number of nitrogens with two attached hydrogens (primary N) is 1. The minimum Gasteiger partial charge on any atom is -0.495 e. The number of hydrogen-bond donors (Lipinski definition) is 3. The summed E-state index contributed by atoms with van der Waals surface area (Å²) in [5, 5.41) is 11.8. The van der Waals surface area contributed by atoms with E-state index in [1.54, 1.807) is 19.2 Å². The van der Waals surface area contributed by atoms with E-state index in [2.05, 4.69) is 10.6 Å². The molecule has 0 spiro atoms. The normalized spacial score (nSPS) is 11.0. The van der Waals surface area contributed by atoms with Crippen LogP contribution in [0.4, 0.5) is 5.69 Å². The zero-order valence-electron chi connectivity index (χ0n) is 14.1. The summed E-state index contributed by atoms with van der Waals surface area (Å²) < 4.78 is 27.8. The fourth-order valence-electron chi connectivity index (χ4n) is 2.25. The molecule has 0 fully saturated rings. The maximum atomic E-state index is 11.2. The van der Waals surface area contributed by atoms with Crippen molar-refractivity contribution in [2.24, 2.45) is 5.14 Å². The van der Waals surface area contributed by atoms with Crippen molar-refractivity contribution in [2.75, 3.05) is 19.0 Å². The van der Waals surface area contributed by atoms with Crippen molar-refractivity contribution in [1.29, 1.82) is 0 Å².